The lowest BCUT2D eigenvalue weighted by molar-refractivity contribution is 0.571. The van der Waals surface area contributed by atoms with Gasteiger partial charge in [-0.1, -0.05) is 12.1 Å². The van der Waals surface area contributed by atoms with Gasteiger partial charge in [-0.3, -0.25) is 4.68 Å². The minimum Gasteiger partial charge on any atom is -0.306 e. The molecule has 1 heterocycles. The van der Waals surface area contributed by atoms with E-state index in [1.54, 1.807) is 12.1 Å². The molecule has 2 aromatic rings. The zero-order valence-electron chi connectivity index (χ0n) is 12.8. The van der Waals surface area contributed by atoms with Crippen LogP contribution in [-0.2, 0) is 23.4 Å². The van der Waals surface area contributed by atoms with E-state index >= 15 is 0 Å². The highest BCUT2D eigenvalue weighted by atomic mass is 32.2. The maximum Gasteiger partial charge on any atom is 0.175 e. The molecule has 0 aliphatic rings. The van der Waals surface area contributed by atoms with E-state index in [4.69, 9.17) is 0 Å². The Morgan fingerprint density at radius 3 is 2.38 bits per heavy atom. The highest BCUT2D eigenvalue weighted by molar-refractivity contribution is 7.90. The molecular formula is C15H21N3O2S. The fraction of sp³-hybridized carbons (Fsp3) is 0.400. The molecule has 5 nitrogen and oxygen atoms in total. The van der Waals surface area contributed by atoms with Crippen LogP contribution in [0.4, 0.5) is 0 Å². The van der Waals surface area contributed by atoms with Crippen LogP contribution >= 0.6 is 0 Å². The van der Waals surface area contributed by atoms with E-state index in [2.05, 4.69) is 17.3 Å². The quantitative estimate of drug-likeness (QED) is 0.917. The van der Waals surface area contributed by atoms with Gasteiger partial charge < -0.3 is 5.32 Å². The van der Waals surface area contributed by atoms with Gasteiger partial charge in [0, 0.05) is 37.7 Å². The van der Waals surface area contributed by atoms with Crippen molar-refractivity contribution in [3.05, 3.63) is 47.3 Å². The summed E-state index contributed by atoms with van der Waals surface area (Å²) in [5.74, 6) is 0. The molecule has 0 amide bonds. The molecule has 1 aromatic heterocycles. The van der Waals surface area contributed by atoms with Crippen LogP contribution in [0.5, 0.6) is 0 Å². The predicted molar refractivity (Wildman–Crippen MR) is 82.8 cm³/mol. The van der Waals surface area contributed by atoms with Gasteiger partial charge in [-0.15, -0.1) is 0 Å². The van der Waals surface area contributed by atoms with Crippen LogP contribution in [0.1, 0.15) is 29.8 Å². The average Bonchev–Trinajstić information content (AvgIpc) is 2.74. The number of nitrogens with one attached hydrogen (secondary N) is 1. The third-order valence-corrected chi connectivity index (χ3v) is 4.61. The first-order valence-electron chi connectivity index (χ1n) is 6.80. The van der Waals surface area contributed by atoms with E-state index in [1.807, 2.05) is 37.0 Å². The highest BCUT2D eigenvalue weighted by Crippen LogP contribution is 2.16. The fourth-order valence-corrected chi connectivity index (χ4v) is 2.91. The standard InChI is InChI=1S/C15H21N3O2S/c1-11(15-10-18(3)17-12(15)2)16-9-13-5-7-14(8-6-13)21(4,19)20/h5-8,10-11,16H,9H2,1-4H3. The molecule has 1 aromatic carbocycles. The topological polar surface area (TPSA) is 64.0 Å². The summed E-state index contributed by atoms with van der Waals surface area (Å²) in [4.78, 5) is 0.349. The predicted octanol–water partition coefficient (Wildman–Crippen LogP) is 1.98. The van der Waals surface area contributed by atoms with Gasteiger partial charge in [0.2, 0.25) is 0 Å². The molecule has 1 unspecified atom stereocenters. The number of hydrogen-bond acceptors (Lipinski definition) is 4. The van der Waals surface area contributed by atoms with Gasteiger partial charge in [0.15, 0.2) is 9.84 Å². The summed E-state index contributed by atoms with van der Waals surface area (Å²) in [7, 11) is -1.22. The lowest BCUT2D eigenvalue weighted by Crippen LogP contribution is -2.18. The van der Waals surface area contributed by atoms with Crippen molar-refractivity contribution in [2.75, 3.05) is 6.26 Å². The summed E-state index contributed by atoms with van der Waals surface area (Å²) in [5.41, 5.74) is 3.24. The van der Waals surface area contributed by atoms with Gasteiger partial charge >= 0.3 is 0 Å². The minimum atomic E-state index is -3.13. The number of sulfone groups is 1. The van der Waals surface area contributed by atoms with Crippen molar-refractivity contribution in [1.29, 1.82) is 0 Å². The highest BCUT2D eigenvalue weighted by Gasteiger charge is 2.11. The van der Waals surface area contributed by atoms with Crippen molar-refractivity contribution in [2.45, 2.75) is 31.3 Å². The first-order valence-corrected chi connectivity index (χ1v) is 8.69. The number of aromatic nitrogens is 2. The number of hydrogen-bond donors (Lipinski definition) is 1. The molecule has 2 rings (SSSR count). The summed E-state index contributed by atoms with van der Waals surface area (Å²) in [5, 5.41) is 7.76. The Morgan fingerprint density at radius 1 is 1.29 bits per heavy atom. The van der Waals surface area contributed by atoms with E-state index in [0.29, 0.717) is 11.4 Å². The summed E-state index contributed by atoms with van der Waals surface area (Å²) in [6.45, 7) is 4.77. The van der Waals surface area contributed by atoms with Crippen molar-refractivity contribution in [2.24, 2.45) is 7.05 Å². The SMILES string of the molecule is Cc1nn(C)cc1C(C)NCc1ccc(S(C)(=O)=O)cc1. The molecule has 0 spiro atoms. The maximum absolute atomic E-state index is 11.4. The second kappa shape index (κ2) is 5.99. The molecular weight excluding hydrogens is 286 g/mol. The van der Waals surface area contributed by atoms with Gasteiger partial charge in [-0.25, -0.2) is 8.42 Å². The molecule has 0 bridgehead atoms. The smallest absolute Gasteiger partial charge is 0.175 e. The molecule has 0 saturated carbocycles. The third kappa shape index (κ3) is 3.92. The van der Waals surface area contributed by atoms with Crippen LogP contribution < -0.4 is 5.32 Å². The number of nitrogens with zero attached hydrogens (tertiary/aromatic N) is 2. The van der Waals surface area contributed by atoms with E-state index in [-0.39, 0.29) is 6.04 Å². The number of benzene rings is 1. The Bertz CT molecular complexity index is 718. The third-order valence-electron chi connectivity index (χ3n) is 3.48. The molecule has 114 valence electrons. The van der Waals surface area contributed by atoms with E-state index in [0.717, 1.165) is 11.3 Å². The fourth-order valence-electron chi connectivity index (χ4n) is 2.28. The summed E-state index contributed by atoms with van der Waals surface area (Å²) in [6.07, 6.45) is 3.23. The monoisotopic (exact) mass is 307 g/mol. The van der Waals surface area contributed by atoms with Crippen molar-refractivity contribution < 1.29 is 8.42 Å². The molecule has 0 saturated heterocycles. The van der Waals surface area contributed by atoms with Crippen LogP contribution in [0.15, 0.2) is 35.4 Å². The second-order valence-corrected chi connectivity index (χ2v) is 7.38. The van der Waals surface area contributed by atoms with Gasteiger partial charge in [0.25, 0.3) is 0 Å². The van der Waals surface area contributed by atoms with Crippen LogP contribution in [0.3, 0.4) is 0 Å². The molecule has 0 aliphatic heterocycles. The van der Waals surface area contributed by atoms with Crippen molar-refractivity contribution in [3.63, 3.8) is 0 Å². The van der Waals surface area contributed by atoms with Crippen LogP contribution in [0, 0.1) is 6.92 Å². The Morgan fingerprint density at radius 2 is 1.90 bits per heavy atom. The first-order chi connectivity index (χ1) is 9.77. The molecule has 0 aliphatic carbocycles. The normalized spacial score (nSPS) is 13.3. The van der Waals surface area contributed by atoms with Gasteiger partial charge in [-0.2, -0.15) is 5.10 Å². The Hall–Kier alpha value is -1.66. The summed E-state index contributed by atoms with van der Waals surface area (Å²) in [6, 6.07) is 7.16. The average molecular weight is 307 g/mol. The Balaban J connectivity index is 2.01. The van der Waals surface area contributed by atoms with E-state index < -0.39 is 9.84 Å². The molecule has 1 N–H and O–H groups in total. The first kappa shape index (κ1) is 15.7. The second-order valence-electron chi connectivity index (χ2n) is 5.36. The van der Waals surface area contributed by atoms with Crippen molar-refractivity contribution in [1.82, 2.24) is 15.1 Å². The van der Waals surface area contributed by atoms with Crippen LogP contribution in [0.2, 0.25) is 0 Å². The number of rotatable bonds is 5. The largest absolute Gasteiger partial charge is 0.306 e. The summed E-state index contributed by atoms with van der Waals surface area (Å²) < 4.78 is 24.6. The Labute approximate surface area is 125 Å². The van der Waals surface area contributed by atoms with E-state index in [9.17, 15) is 8.42 Å². The molecule has 21 heavy (non-hydrogen) atoms. The molecule has 0 radical (unpaired) electrons. The lowest BCUT2D eigenvalue weighted by atomic mass is 10.1. The van der Waals surface area contributed by atoms with Crippen LogP contribution in [-0.4, -0.2) is 24.5 Å². The van der Waals surface area contributed by atoms with Crippen molar-refractivity contribution >= 4 is 9.84 Å². The maximum atomic E-state index is 11.4. The zero-order chi connectivity index (χ0) is 15.6. The molecule has 1 atom stereocenters. The molecule has 0 fully saturated rings. The summed E-state index contributed by atoms with van der Waals surface area (Å²) >= 11 is 0. The minimum absolute atomic E-state index is 0.188. The van der Waals surface area contributed by atoms with Gasteiger partial charge in [0.05, 0.1) is 10.6 Å². The van der Waals surface area contributed by atoms with Gasteiger partial charge in [0.1, 0.15) is 0 Å². The Kier molecular flexibility index (Phi) is 4.49. The number of aryl methyl sites for hydroxylation is 2. The zero-order valence-corrected chi connectivity index (χ0v) is 13.6. The van der Waals surface area contributed by atoms with Crippen LogP contribution in [0.25, 0.3) is 0 Å². The van der Waals surface area contributed by atoms with Crippen molar-refractivity contribution in [3.8, 4) is 0 Å². The lowest BCUT2D eigenvalue weighted by Gasteiger charge is -2.13. The van der Waals surface area contributed by atoms with Gasteiger partial charge in [-0.05, 0) is 31.5 Å². The van der Waals surface area contributed by atoms with E-state index in [1.165, 1.54) is 11.8 Å². The molecule has 6 heteroatoms.